The molecule has 0 bridgehead atoms. The molecule has 0 atom stereocenters. The fourth-order valence-corrected chi connectivity index (χ4v) is 3.33. The van der Waals surface area contributed by atoms with E-state index in [0.29, 0.717) is 26.1 Å². The second-order valence-electron chi connectivity index (χ2n) is 8.72. The minimum Gasteiger partial charge on any atom is -0.466 e. The number of carbonyl (C=O) groups excluding carboxylic acids is 2. The van der Waals surface area contributed by atoms with Gasteiger partial charge in [0.2, 0.25) is 0 Å². The van der Waals surface area contributed by atoms with Gasteiger partial charge in [-0.3, -0.25) is 9.59 Å². The van der Waals surface area contributed by atoms with E-state index in [-0.39, 0.29) is 11.9 Å². The summed E-state index contributed by atoms with van der Waals surface area (Å²) in [5, 5.41) is 0. The maximum Gasteiger partial charge on any atom is 0.305 e. The Balaban J connectivity index is 3.23. The van der Waals surface area contributed by atoms with Crippen LogP contribution < -0.4 is 0 Å². The van der Waals surface area contributed by atoms with E-state index in [4.69, 9.17) is 9.47 Å². The van der Waals surface area contributed by atoms with E-state index < -0.39 is 0 Å². The van der Waals surface area contributed by atoms with Crippen LogP contribution in [0.15, 0.2) is 0 Å². The topological polar surface area (TPSA) is 52.6 Å². The minimum atomic E-state index is -0.0552. The smallest absolute Gasteiger partial charge is 0.305 e. The van der Waals surface area contributed by atoms with Crippen molar-refractivity contribution in [2.75, 3.05) is 13.2 Å². The molecule has 0 unspecified atom stereocenters. The van der Waals surface area contributed by atoms with Crippen molar-refractivity contribution in [3.05, 3.63) is 0 Å². The summed E-state index contributed by atoms with van der Waals surface area (Å²) in [6.07, 6.45) is 18.3. The van der Waals surface area contributed by atoms with E-state index in [2.05, 4.69) is 13.8 Å². The molecule has 0 aliphatic heterocycles. The molecule has 0 amide bonds. The van der Waals surface area contributed by atoms with Gasteiger partial charge in [-0.1, -0.05) is 91.4 Å². The van der Waals surface area contributed by atoms with Crippen LogP contribution in [0.25, 0.3) is 0 Å². The molecule has 0 fully saturated rings. The van der Waals surface area contributed by atoms with Gasteiger partial charge < -0.3 is 9.47 Å². The molecule has 0 aliphatic rings. The fraction of sp³-hybridized carbons (Fsp3) is 0.920. The molecular formula is C25H48O4. The predicted molar refractivity (Wildman–Crippen MR) is 121 cm³/mol. The SMILES string of the molecule is CCCOC(=O)CCCCCCCCCCC(=O)OCCCCCCCC(C)C. The average molecular weight is 413 g/mol. The summed E-state index contributed by atoms with van der Waals surface area (Å²) >= 11 is 0. The number of esters is 2. The van der Waals surface area contributed by atoms with E-state index in [1.54, 1.807) is 0 Å². The van der Waals surface area contributed by atoms with Gasteiger partial charge in [-0.05, 0) is 31.6 Å². The third-order valence-corrected chi connectivity index (χ3v) is 5.17. The van der Waals surface area contributed by atoms with Crippen LogP contribution in [0, 0.1) is 5.92 Å². The van der Waals surface area contributed by atoms with Gasteiger partial charge in [0.05, 0.1) is 13.2 Å². The van der Waals surface area contributed by atoms with Crippen LogP contribution >= 0.6 is 0 Å². The lowest BCUT2D eigenvalue weighted by atomic mass is 10.0. The largest absolute Gasteiger partial charge is 0.466 e. The van der Waals surface area contributed by atoms with E-state index in [1.807, 2.05) is 6.92 Å². The fourth-order valence-electron chi connectivity index (χ4n) is 3.33. The molecule has 0 aromatic heterocycles. The third kappa shape index (κ3) is 23.1. The van der Waals surface area contributed by atoms with Crippen molar-refractivity contribution in [2.45, 2.75) is 130 Å². The molecule has 0 radical (unpaired) electrons. The zero-order chi connectivity index (χ0) is 21.6. The molecule has 0 aromatic carbocycles. The summed E-state index contributed by atoms with van der Waals surface area (Å²) in [6, 6.07) is 0. The maximum atomic E-state index is 11.7. The predicted octanol–water partition coefficient (Wildman–Crippen LogP) is 7.38. The molecule has 4 heteroatoms. The van der Waals surface area contributed by atoms with E-state index in [1.165, 1.54) is 57.8 Å². The Hall–Kier alpha value is -1.06. The van der Waals surface area contributed by atoms with Gasteiger partial charge in [0.25, 0.3) is 0 Å². The lowest BCUT2D eigenvalue weighted by Gasteiger charge is -2.06. The highest BCUT2D eigenvalue weighted by Gasteiger charge is 2.03. The van der Waals surface area contributed by atoms with Gasteiger partial charge in [-0.25, -0.2) is 0 Å². The first-order valence-electron chi connectivity index (χ1n) is 12.4. The molecule has 0 saturated heterocycles. The van der Waals surface area contributed by atoms with Gasteiger partial charge in [0.15, 0.2) is 0 Å². The van der Waals surface area contributed by atoms with Crippen LogP contribution in [-0.2, 0) is 19.1 Å². The molecule has 172 valence electrons. The summed E-state index contributed by atoms with van der Waals surface area (Å²) < 4.78 is 10.4. The minimum absolute atomic E-state index is 0.0280. The Morgan fingerprint density at radius 2 is 1.00 bits per heavy atom. The number of ether oxygens (including phenoxy) is 2. The molecular weight excluding hydrogens is 364 g/mol. The summed E-state index contributed by atoms with van der Waals surface area (Å²) in [5.74, 6) is 0.726. The Morgan fingerprint density at radius 1 is 0.586 bits per heavy atom. The summed E-state index contributed by atoms with van der Waals surface area (Å²) in [4.78, 5) is 23.1. The lowest BCUT2D eigenvalue weighted by molar-refractivity contribution is -0.144. The second kappa shape index (κ2) is 21.6. The van der Waals surface area contributed by atoms with Crippen LogP contribution in [0.3, 0.4) is 0 Å². The monoisotopic (exact) mass is 412 g/mol. The van der Waals surface area contributed by atoms with Crippen molar-refractivity contribution in [3.8, 4) is 0 Å². The van der Waals surface area contributed by atoms with Crippen LogP contribution in [0.1, 0.15) is 130 Å². The lowest BCUT2D eigenvalue weighted by Crippen LogP contribution is -2.05. The molecule has 4 nitrogen and oxygen atoms in total. The summed E-state index contributed by atoms with van der Waals surface area (Å²) in [5.41, 5.74) is 0. The van der Waals surface area contributed by atoms with Crippen LogP contribution in [-0.4, -0.2) is 25.2 Å². The Morgan fingerprint density at radius 3 is 1.48 bits per heavy atom. The van der Waals surface area contributed by atoms with Crippen LogP contribution in [0.2, 0.25) is 0 Å². The highest BCUT2D eigenvalue weighted by atomic mass is 16.5. The van der Waals surface area contributed by atoms with Crippen molar-refractivity contribution in [1.29, 1.82) is 0 Å². The average Bonchev–Trinajstić information content (AvgIpc) is 2.69. The molecule has 29 heavy (non-hydrogen) atoms. The van der Waals surface area contributed by atoms with Gasteiger partial charge in [-0.15, -0.1) is 0 Å². The first-order valence-corrected chi connectivity index (χ1v) is 12.4. The molecule has 0 aromatic rings. The number of hydrogen-bond acceptors (Lipinski definition) is 4. The third-order valence-electron chi connectivity index (χ3n) is 5.17. The number of unbranched alkanes of at least 4 members (excludes halogenated alkanes) is 11. The second-order valence-corrected chi connectivity index (χ2v) is 8.72. The van der Waals surface area contributed by atoms with Gasteiger partial charge in [0.1, 0.15) is 0 Å². The molecule has 0 saturated carbocycles. The molecule has 0 spiro atoms. The van der Waals surface area contributed by atoms with Crippen LogP contribution in [0.5, 0.6) is 0 Å². The van der Waals surface area contributed by atoms with E-state index in [0.717, 1.165) is 44.4 Å². The summed E-state index contributed by atoms with van der Waals surface area (Å²) in [7, 11) is 0. The zero-order valence-corrected chi connectivity index (χ0v) is 19.6. The van der Waals surface area contributed by atoms with Crippen LogP contribution in [0.4, 0.5) is 0 Å². The van der Waals surface area contributed by atoms with Gasteiger partial charge in [-0.2, -0.15) is 0 Å². The zero-order valence-electron chi connectivity index (χ0n) is 19.6. The Bertz CT molecular complexity index is 379. The van der Waals surface area contributed by atoms with E-state index >= 15 is 0 Å². The molecule has 0 N–H and O–H groups in total. The van der Waals surface area contributed by atoms with Crippen molar-refractivity contribution < 1.29 is 19.1 Å². The van der Waals surface area contributed by atoms with Gasteiger partial charge in [0, 0.05) is 12.8 Å². The normalized spacial score (nSPS) is 11.0. The van der Waals surface area contributed by atoms with E-state index in [9.17, 15) is 9.59 Å². The van der Waals surface area contributed by atoms with Crippen molar-refractivity contribution in [3.63, 3.8) is 0 Å². The molecule has 0 heterocycles. The standard InChI is InChI=1S/C25H48O4/c1-4-21-28-24(26)19-15-11-7-5-6-8-12-16-20-25(27)29-22-17-13-9-10-14-18-23(2)3/h23H,4-22H2,1-3H3. The van der Waals surface area contributed by atoms with Gasteiger partial charge >= 0.3 is 11.9 Å². The quantitative estimate of drug-likeness (QED) is 0.146. The number of hydrogen-bond donors (Lipinski definition) is 0. The number of carbonyl (C=O) groups is 2. The number of rotatable bonds is 21. The maximum absolute atomic E-state index is 11.7. The van der Waals surface area contributed by atoms with Crippen molar-refractivity contribution >= 4 is 11.9 Å². The highest BCUT2D eigenvalue weighted by Crippen LogP contribution is 2.12. The molecule has 0 aliphatic carbocycles. The van der Waals surface area contributed by atoms with Crippen molar-refractivity contribution in [2.24, 2.45) is 5.92 Å². The first-order chi connectivity index (χ1) is 14.1. The Labute approximate surface area is 180 Å². The summed E-state index contributed by atoms with van der Waals surface area (Å²) in [6.45, 7) is 7.70. The Kier molecular flexibility index (Phi) is 20.9. The van der Waals surface area contributed by atoms with Crippen molar-refractivity contribution in [1.82, 2.24) is 0 Å². The molecule has 0 rings (SSSR count). The first kappa shape index (κ1) is 27.9. The highest BCUT2D eigenvalue weighted by molar-refractivity contribution is 5.69.